The van der Waals surface area contributed by atoms with E-state index in [-0.39, 0.29) is 41.5 Å². The zero-order chi connectivity index (χ0) is 32.9. The van der Waals surface area contributed by atoms with Crippen LogP contribution in [-0.4, -0.2) is 44.4 Å². The molecule has 0 radical (unpaired) electrons. The van der Waals surface area contributed by atoms with Gasteiger partial charge >= 0.3 is 0 Å². The standard InChI is InChI=1S/C32H32Cl3N3O6S/c1-5-31(6-2,29(40)38-45(4,42)43)44-26-12-10-19(34)14-22(26)27-25(39)16-36-28(21-13-18(33)8-7-17(21)3)32(27)23-11-9-20(35)15-24(23)37-30(32)41/h7-15,27-28,36H,5-6,16H2,1-4H3,(H,37,41)(H,38,40)/t27-,28-,32+/m0/s1. The van der Waals surface area contributed by atoms with Gasteiger partial charge in [-0.1, -0.05) is 60.8 Å². The zero-order valence-electron chi connectivity index (χ0n) is 25.0. The Morgan fingerprint density at radius 1 is 0.978 bits per heavy atom. The molecule has 2 heterocycles. The monoisotopic (exact) mass is 691 g/mol. The Kier molecular flexibility index (Phi) is 9.02. The number of halogens is 3. The second-order valence-electron chi connectivity index (χ2n) is 11.4. The summed E-state index contributed by atoms with van der Waals surface area (Å²) < 4.78 is 32.5. The minimum atomic E-state index is -3.91. The van der Waals surface area contributed by atoms with Gasteiger partial charge in [-0.25, -0.2) is 13.1 Å². The van der Waals surface area contributed by atoms with Crippen LogP contribution in [0.25, 0.3) is 0 Å². The molecule has 1 fully saturated rings. The summed E-state index contributed by atoms with van der Waals surface area (Å²) in [5, 5.41) is 7.38. The molecule has 0 bridgehead atoms. The third-order valence-electron chi connectivity index (χ3n) is 8.74. The molecule has 5 rings (SSSR count). The first-order valence-corrected chi connectivity index (χ1v) is 17.3. The quantitative estimate of drug-likeness (QED) is 0.270. The number of aryl methyl sites for hydroxylation is 1. The molecule has 3 aromatic carbocycles. The lowest BCUT2D eigenvalue weighted by Gasteiger charge is -2.47. The van der Waals surface area contributed by atoms with Crippen LogP contribution in [0.2, 0.25) is 15.1 Å². The lowest BCUT2D eigenvalue weighted by atomic mass is 9.58. The number of ketones is 1. The number of benzene rings is 3. The van der Waals surface area contributed by atoms with E-state index in [0.29, 0.717) is 26.9 Å². The summed E-state index contributed by atoms with van der Waals surface area (Å²) in [6.45, 7) is 5.18. The van der Waals surface area contributed by atoms with Gasteiger partial charge in [-0.3, -0.25) is 14.4 Å². The van der Waals surface area contributed by atoms with Crippen LogP contribution in [0.1, 0.15) is 60.9 Å². The number of ether oxygens (including phenoxy) is 1. The Bertz CT molecular complexity index is 1830. The molecule has 45 heavy (non-hydrogen) atoms. The number of piperidine rings is 1. The molecule has 9 nitrogen and oxygen atoms in total. The van der Waals surface area contributed by atoms with Crippen molar-refractivity contribution >= 4 is 68.1 Å². The van der Waals surface area contributed by atoms with Crippen LogP contribution in [-0.2, 0) is 29.8 Å². The van der Waals surface area contributed by atoms with Gasteiger partial charge < -0.3 is 15.4 Å². The fraction of sp³-hybridized carbons (Fsp3) is 0.344. The highest BCUT2D eigenvalue weighted by Gasteiger charge is 2.63. The summed E-state index contributed by atoms with van der Waals surface area (Å²) in [4.78, 5) is 42.1. The summed E-state index contributed by atoms with van der Waals surface area (Å²) in [5.41, 5.74) is -0.390. The molecule has 3 atom stereocenters. The molecular formula is C32H32Cl3N3O6S. The number of carbonyl (C=O) groups excluding carboxylic acids is 3. The van der Waals surface area contributed by atoms with E-state index in [0.717, 1.165) is 11.8 Å². The number of anilines is 1. The van der Waals surface area contributed by atoms with E-state index in [4.69, 9.17) is 39.5 Å². The Hall–Kier alpha value is -3.15. The number of rotatable bonds is 8. The third kappa shape index (κ3) is 5.83. The van der Waals surface area contributed by atoms with Gasteiger partial charge in [0.1, 0.15) is 11.2 Å². The summed E-state index contributed by atoms with van der Waals surface area (Å²) in [6.07, 6.45) is 1.08. The van der Waals surface area contributed by atoms with Crippen molar-refractivity contribution < 1.29 is 27.5 Å². The Balaban J connectivity index is 1.79. The van der Waals surface area contributed by atoms with E-state index in [1.54, 1.807) is 56.3 Å². The van der Waals surface area contributed by atoms with Crippen LogP contribution in [0.5, 0.6) is 5.75 Å². The van der Waals surface area contributed by atoms with Crippen molar-refractivity contribution in [3.63, 3.8) is 0 Å². The van der Waals surface area contributed by atoms with E-state index in [2.05, 4.69) is 10.6 Å². The van der Waals surface area contributed by atoms with Crippen molar-refractivity contribution in [1.29, 1.82) is 0 Å². The lowest BCUT2D eigenvalue weighted by molar-refractivity contribution is -0.136. The van der Waals surface area contributed by atoms with Crippen molar-refractivity contribution in [2.24, 2.45) is 0 Å². The Morgan fingerprint density at radius 3 is 2.22 bits per heavy atom. The molecule has 0 saturated carbocycles. The first kappa shape index (κ1) is 33.2. The largest absolute Gasteiger partial charge is 0.477 e. The number of nitrogens with one attached hydrogen (secondary N) is 3. The molecule has 1 spiro atoms. The smallest absolute Gasteiger partial charge is 0.277 e. The van der Waals surface area contributed by atoms with E-state index in [9.17, 15) is 22.8 Å². The molecule has 2 aliphatic heterocycles. The van der Waals surface area contributed by atoms with Gasteiger partial charge in [0.25, 0.3) is 5.91 Å². The third-order valence-corrected chi connectivity index (χ3v) is 10.0. The number of hydrogen-bond donors (Lipinski definition) is 3. The first-order valence-electron chi connectivity index (χ1n) is 14.3. The molecule has 13 heteroatoms. The highest BCUT2D eigenvalue weighted by molar-refractivity contribution is 7.89. The second-order valence-corrected chi connectivity index (χ2v) is 14.5. The number of carbonyl (C=O) groups is 3. The second kappa shape index (κ2) is 12.2. The Labute approximate surface area is 277 Å². The van der Waals surface area contributed by atoms with Crippen LogP contribution in [0.15, 0.2) is 54.6 Å². The van der Waals surface area contributed by atoms with E-state index < -0.39 is 44.8 Å². The molecule has 2 amide bonds. The molecule has 0 aromatic heterocycles. The predicted molar refractivity (Wildman–Crippen MR) is 175 cm³/mol. The van der Waals surface area contributed by atoms with Gasteiger partial charge in [0.15, 0.2) is 11.4 Å². The molecule has 238 valence electrons. The number of hydrogen-bond acceptors (Lipinski definition) is 7. The summed E-state index contributed by atoms with van der Waals surface area (Å²) in [7, 11) is -3.91. The highest BCUT2D eigenvalue weighted by atomic mass is 35.5. The minimum Gasteiger partial charge on any atom is -0.477 e. The van der Waals surface area contributed by atoms with E-state index in [1.165, 1.54) is 6.07 Å². The van der Waals surface area contributed by atoms with Crippen molar-refractivity contribution in [3.8, 4) is 5.75 Å². The van der Waals surface area contributed by atoms with Crippen LogP contribution < -0.4 is 20.1 Å². The molecule has 1 saturated heterocycles. The topological polar surface area (TPSA) is 131 Å². The molecule has 2 aliphatic rings. The summed E-state index contributed by atoms with van der Waals surface area (Å²) in [5.74, 6) is -2.68. The van der Waals surface area contributed by atoms with Crippen molar-refractivity contribution in [2.75, 3.05) is 18.1 Å². The van der Waals surface area contributed by atoms with Crippen molar-refractivity contribution in [3.05, 3.63) is 91.9 Å². The van der Waals surface area contributed by atoms with Gasteiger partial charge in [0, 0.05) is 26.3 Å². The van der Waals surface area contributed by atoms with Gasteiger partial charge in [-0.15, -0.1) is 0 Å². The highest BCUT2D eigenvalue weighted by Crippen LogP contribution is 2.58. The van der Waals surface area contributed by atoms with Crippen molar-refractivity contribution in [2.45, 2.75) is 56.6 Å². The van der Waals surface area contributed by atoms with Crippen LogP contribution >= 0.6 is 34.8 Å². The Morgan fingerprint density at radius 2 is 1.58 bits per heavy atom. The molecule has 0 aliphatic carbocycles. The van der Waals surface area contributed by atoms with Crippen LogP contribution in [0.3, 0.4) is 0 Å². The number of fused-ring (bicyclic) bond motifs is 2. The fourth-order valence-corrected chi connectivity index (χ4v) is 7.61. The van der Waals surface area contributed by atoms with E-state index >= 15 is 0 Å². The molecular weight excluding hydrogens is 661 g/mol. The van der Waals surface area contributed by atoms with Gasteiger partial charge in [-0.05, 0) is 78.9 Å². The SMILES string of the molecule is CCC(CC)(Oc1ccc(Cl)cc1[C@H]1C(=O)CN[C@@H](c2cc(Cl)ccc2C)[C@]12C(=O)Nc1cc(Cl)ccc12)C(=O)NS(C)(=O)=O. The van der Waals surface area contributed by atoms with Gasteiger partial charge in [0.2, 0.25) is 15.9 Å². The average molecular weight is 693 g/mol. The normalized spacial score (nSPS) is 21.4. The molecule has 0 unspecified atom stereocenters. The van der Waals surface area contributed by atoms with Crippen molar-refractivity contribution in [1.82, 2.24) is 10.0 Å². The molecule has 3 aromatic rings. The van der Waals surface area contributed by atoms with Crippen LogP contribution in [0, 0.1) is 6.92 Å². The maximum atomic E-state index is 14.5. The zero-order valence-corrected chi connectivity index (χ0v) is 28.0. The van der Waals surface area contributed by atoms with Gasteiger partial charge in [0.05, 0.1) is 24.8 Å². The van der Waals surface area contributed by atoms with E-state index in [1.807, 2.05) is 17.7 Å². The molecule has 3 N–H and O–H groups in total. The maximum absolute atomic E-state index is 14.5. The number of Topliss-reactive ketones (excluding diaryl/α,β-unsaturated/α-hetero) is 1. The first-order chi connectivity index (χ1) is 21.2. The number of sulfonamides is 1. The van der Waals surface area contributed by atoms with Gasteiger partial charge in [-0.2, -0.15) is 0 Å². The maximum Gasteiger partial charge on any atom is 0.277 e. The number of amides is 2. The summed E-state index contributed by atoms with van der Waals surface area (Å²) >= 11 is 19.4. The minimum absolute atomic E-state index is 0.102. The fourth-order valence-electron chi connectivity index (χ4n) is 6.56. The lowest BCUT2D eigenvalue weighted by Crippen LogP contribution is -2.59. The average Bonchev–Trinajstić information content (AvgIpc) is 3.24. The predicted octanol–water partition coefficient (Wildman–Crippen LogP) is 5.86. The van der Waals surface area contributed by atoms with Crippen LogP contribution in [0.4, 0.5) is 5.69 Å². The summed E-state index contributed by atoms with van der Waals surface area (Å²) in [6, 6.07) is 14.3.